The summed E-state index contributed by atoms with van der Waals surface area (Å²) in [6.45, 7) is 2.18. The number of benzene rings is 1. The summed E-state index contributed by atoms with van der Waals surface area (Å²) in [4.78, 5) is 32.6. The second-order valence-electron chi connectivity index (χ2n) is 6.94. The molecule has 0 aliphatic carbocycles. The largest absolute Gasteiger partial charge is 0.505 e. The molecule has 2 aromatic rings. The maximum absolute atomic E-state index is 13.4. The molecule has 0 saturated carbocycles. The molecule has 1 fully saturated rings. The number of halogens is 1. The Hall–Kier alpha value is -2.96. The number of carbonyl (C=O) groups is 2. The third-order valence-electron chi connectivity index (χ3n) is 4.92. The molecular formula is C21H24FN3O3. The molecule has 7 heteroatoms. The fourth-order valence-electron chi connectivity index (χ4n) is 3.32. The third-order valence-corrected chi connectivity index (χ3v) is 4.92. The van der Waals surface area contributed by atoms with E-state index < -0.39 is 11.6 Å². The average molecular weight is 385 g/mol. The fourth-order valence-corrected chi connectivity index (χ4v) is 3.32. The quantitative estimate of drug-likeness (QED) is 0.856. The molecule has 0 radical (unpaired) electrons. The lowest BCUT2D eigenvalue weighted by atomic mass is 10.1. The lowest BCUT2D eigenvalue weighted by Crippen LogP contribution is -2.38. The highest BCUT2D eigenvalue weighted by molar-refractivity contribution is 5.79. The molecule has 0 unspecified atom stereocenters. The minimum atomic E-state index is -0.730. The van der Waals surface area contributed by atoms with E-state index in [0.29, 0.717) is 51.0 Å². The van der Waals surface area contributed by atoms with Crippen LogP contribution in [0.25, 0.3) is 0 Å². The molecule has 3 rings (SSSR count). The fraction of sp³-hybridized carbons (Fsp3) is 0.381. The Kier molecular flexibility index (Phi) is 6.57. The summed E-state index contributed by atoms with van der Waals surface area (Å²) >= 11 is 0. The highest BCUT2D eigenvalue weighted by Gasteiger charge is 2.22. The van der Waals surface area contributed by atoms with Crippen molar-refractivity contribution >= 4 is 11.8 Å². The van der Waals surface area contributed by atoms with Crippen LogP contribution in [0.15, 0.2) is 42.7 Å². The minimum Gasteiger partial charge on any atom is -0.505 e. The molecule has 1 aliphatic heterocycles. The van der Waals surface area contributed by atoms with E-state index in [2.05, 4.69) is 4.98 Å². The number of phenolic OH excluding ortho intramolecular Hbond substituents is 1. The van der Waals surface area contributed by atoms with Gasteiger partial charge in [0.1, 0.15) is 0 Å². The van der Waals surface area contributed by atoms with Crippen LogP contribution in [-0.2, 0) is 22.4 Å². The van der Waals surface area contributed by atoms with Crippen LogP contribution >= 0.6 is 0 Å². The van der Waals surface area contributed by atoms with E-state index in [4.69, 9.17) is 0 Å². The van der Waals surface area contributed by atoms with Gasteiger partial charge in [-0.15, -0.1) is 0 Å². The third kappa shape index (κ3) is 5.28. The van der Waals surface area contributed by atoms with E-state index in [-0.39, 0.29) is 18.2 Å². The Morgan fingerprint density at radius 2 is 1.79 bits per heavy atom. The standard InChI is InChI=1S/C21H24FN3O3/c22-18-13-17(4-6-19(18)26)14-21(28)25-10-2-9-24(11-12-25)20(27)7-5-16-3-1-8-23-15-16/h1,3-4,6,8,13,15,26H,2,5,7,9-12,14H2. The number of amides is 2. The first-order chi connectivity index (χ1) is 13.5. The molecule has 0 atom stereocenters. The maximum atomic E-state index is 13.4. The summed E-state index contributed by atoms with van der Waals surface area (Å²) in [6, 6.07) is 7.79. The molecule has 148 valence electrons. The van der Waals surface area contributed by atoms with Gasteiger partial charge in [0.15, 0.2) is 11.6 Å². The van der Waals surface area contributed by atoms with Gasteiger partial charge in [-0.2, -0.15) is 0 Å². The van der Waals surface area contributed by atoms with Crippen molar-refractivity contribution in [3.63, 3.8) is 0 Å². The minimum absolute atomic E-state index is 0.0755. The number of hydrogen-bond acceptors (Lipinski definition) is 4. The Bertz CT molecular complexity index is 829. The number of carbonyl (C=O) groups excluding carboxylic acids is 2. The number of aromatic nitrogens is 1. The van der Waals surface area contributed by atoms with Crippen LogP contribution in [0.1, 0.15) is 24.0 Å². The maximum Gasteiger partial charge on any atom is 0.227 e. The van der Waals surface area contributed by atoms with Gasteiger partial charge in [-0.1, -0.05) is 12.1 Å². The topological polar surface area (TPSA) is 73.7 Å². The monoisotopic (exact) mass is 385 g/mol. The molecule has 28 heavy (non-hydrogen) atoms. The molecule has 0 spiro atoms. The number of rotatable bonds is 5. The van der Waals surface area contributed by atoms with E-state index in [1.54, 1.807) is 23.4 Å². The first-order valence-corrected chi connectivity index (χ1v) is 9.45. The molecule has 1 aliphatic rings. The lowest BCUT2D eigenvalue weighted by molar-refractivity contribution is -0.133. The summed E-state index contributed by atoms with van der Waals surface area (Å²) in [5, 5.41) is 9.25. The molecule has 1 aromatic carbocycles. The summed E-state index contributed by atoms with van der Waals surface area (Å²) in [7, 11) is 0. The SMILES string of the molecule is O=C(CCc1cccnc1)N1CCCN(C(=O)Cc2ccc(O)c(F)c2)CC1. The van der Waals surface area contributed by atoms with E-state index >= 15 is 0 Å². The van der Waals surface area contributed by atoms with E-state index in [1.165, 1.54) is 12.1 Å². The molecule has 1 N–H and O–H groups in total. The number of phenols is 1. The van der Waals surface area contributed by atoms with Gasteiger partial charge < -0.3 is 14.9 Å². The van der Waals surface area contributed by atoms with Gasteiger partial charge in [0.05, 0.1) is 6.42 Å². The van der Waals surface area contributed by atoms with Gasteiger partial charge in [-0.05, 0) is 42.2 Å². The predicted molar refractivity (Wildman–Crippen MR) is 102 cm³/mol. The van der Waals surface area contributed by atoms with Crippen molar-refractivity contribution < 1.29 is 19.1 Å². The normalized spacial score (nSPS) is 14.6. The Morgan fingerprint density at radius 1 is 1.04 bits per heavy atom. The van der Waals surface area contributed by atoms with Crippen LogP contribution in [0.5, 0.6) is 5.75 Å². The number of aromatic hydroxyl groups is 1. The van der Waals surface area contributed by atoms with Crippen molar-refractivity contribution in [3.05, 3.63) is 59.7 Å². The van der Waals surface area contributed by atoms with E-state index in [9.17, 15) is 19.1 Å². The zero-order valence-electron chi connectivity index (χ0n) is 15.7. The first-order valence-electron chi connectivity index (χ1n) is 9.45. The van der Waals surface area contributed by atoms with E-state index in [1.807, 2.05) is 17.0 Å². The van der Waals surface area contributed by atoms with Gasteiger partial charge in [0.2, 0.25) is 11.8 Å². The molecule has 2 amide bonds. The van der Waals surface area contributed by atoms with Crippen molar-refractivity contribution in [2.24, 2.45) is 0 Å². The highest BCUT2D eigenvalue weighted by Crippen LogP contribution is 2.17. The molecule has 0 bridgehead atoms. The molecule has 1 saturated heterocycles. The van der Waals surface area contributed by atoms with Crippen molar-refractivity contribution in [1.29, 1.82) is 0 Å². The number of pyridine rings is 1. The summed E-state index contributed by atoms with van der Waals surface area (Å²) < 4.78 is 13.4. The van der Waals surface area contributed by atoms with Crippen LogP contribution in [0.3, 0.4) is 0 Å². The second-order valence-corrected chi connectivity index (χ2v) is 6.94. The van der Waals surface area contributed by atoms with Gasteiger partial charge >= 0.3 is 0 Å². The van der Waals surface area contributed by atoms with Crippen molar-refractivity contribution in [2.45, 2.75) is 25.7 Å². The Labute approximate surface area is 163 Å². The van der Waals surface area contributed by atoms with Crippen LogP contribution in [-0.4, -0.2) is 57.9 Å². The number of nitrogens with zero attached hydrogens (tertiary/aromatic N) is 3. The van der Waals surface area contributed by atoms with Gasteiger partial charge in [0, 0.05) is 45.0 Å². The zero-order chi connectivity index (χ0) is 19.9. The lowest BCUT2D eigenvalue weighted by Gasteiger charge is -2.22. The summed E-state index contributed by atoms with van der Waals surface area (Å²) in [6.07, 6.45) is 5.34. The Morgan fingerprint density at radius 3 is 2.46 bits per heavy atom. The summed E-state index contributed by atoms with van der Waals surface area (Å²) in [5.41, 5.74) is 1.55. The van der Waals surface area contributed by atoms with Crippen LogP contribution < -0.4 is 0 Å². The van der Waals surface area contributed by atoms with Crippen molar-refractivity contribution in [2.75, 3.05) is 26.2 Å². The molecule has 2 heterocycles. The van der Waals surface area contributed by atoms with Crippen LogP contribution in [0, 0.1) is 5.82 Å². The molecule has 6 nitrogen and oxygen atoms in total. The highest BCUT2D eigenvalue weighted by atomic mass is 19.1. The number of hydrogen-bond donors (Lipinski definition) is 1. The predicted octanol–water partition coefficient (Wildman–Crippen LogP) is 2.16. The molecular weight excluding hydrogens is 361 g/mol. The Balaban J connectivity index is 1.50. The van der Waals surface area contributed by atoms with Crippen LogP contribution in [0.4, 0.5) is 4.39 Å². The zero-order valence-corrected chi connectivity index (χ0v) is 15.7. The second kappa shape index (κ2) is 9.30. The van der Waals surface area contributed by atoms with Gasteiger partial charge in [-0.25, -0.2) is 4.39 Å². The molecule has 1 aromatic heterocycles. The first kappa shape index (κ1) is 19.8. The summed E-state index contributed by atoms with van der Waals surface area (Å²) in [5.74, 6) is -1.17. The average Bonchev–Trinajstić information content (AvgIpc) is 2.96. The van der Waals surface area contributed by atoms with Gasteiger partial charge in [0.25, 0.3) is 0 Å². The van der Waals surface area contributed by atoms with Crippen molar-refractivity contribution in [3.8, 4) is 5.75 Å². The van der Waals surface area contributed by atoms with Crippen LogP contribution in [0.2, 0.25) is 0 Å². The number of aryl methyl sites for hydroxylation is 1. The van der Waals surface area contributed by atoms with Gasteiger partial charge in [-0.3, -0.25) is 14.6 Å². The van der Waals surface area contributed by atoms with Crippen molar-refractivity contribution in [1.82, 2.24) is 14.8 Å². The smallest absolute Gasteiger partial charge is 0.227 e. The van der Waals surface area contributed by atoms with E-state index in [0.717, 1.165) is 5.56 Å².